The van der Waals surface area contributed by atoms with Gasteiger partial charge in [-0.15, -0.1) is 11.3 Å². The number of carbonyl (C=O) groups is 1. The maximum absolute atomic E-state index is 13.0. The Morgan fingerprint density at radius 2 is 2.37 bits per heavy atom. The summed E-state index contributed by atoms with van der Waals surface area (Å²) < 4.78 is 14.9. The molecule has 4 nitrogen and oxygen atoms in total. The lowest BCUT2D eigenvalue weighted by Gasteiger charge is -2.03. The predicted molar refractivity (Wildman–Crippen MR) is 70.6 cm³/mol. The number of hydrogen-bond acceptors (Lipinski definition) is 3. The monoisotopic (exact) mass is 275 g/mol. The summed E-state index contributed by atoms with van der Waals surface area (Å²) in [7, 11) is 0. The molecular formula is C13H10FN3OS. The van der Waals surface area contributed by atoms with Crippen LogP contribution in [0.15, 0.2) is 42.0 Å². The molecule has 0 aliphatic heterocycles. The number of nitrogens with zero attached hydrogens (tertiary/aromatic N) is 2. The molecule has 0 unspecified atom stereocenters. The second-order valence-corrected chi connectivity index (χ2v) is 4.89. The lowest BCUT2D eigenvalue weighted by atomic mass is 10.2. The van der Waals surface area contributed by atoms with Gasteiger partial charge in [-0.1, -0.05) is 6.07 Å². The zero-order chi connectivity index (χ0) is 13.2. The van der Waals surface area contributed by atoms with Crippen molar-refractivity contribution in [3.63, 3.8) is 0 Å². The normalized spacial score (nSPS) is 10.8. The second kappa shape index (κ2) is 4.81. The van der Waals surface area contributed by atoms with Crippen LogP contribution in [0.1, 0.15) is 16.1 Å². The Hall–Kier alpha value is -2.21. The molecule has 0 saturated heterocycles. The van der Waals surface area contributed by atoms with Crippen molar-refractivity contribution in [2.75, 3.05) is 0 Å². The highest BCUT2D eigenvalue weighted by atomic mass is 32.1. The number of fused-ring (bicyclic) bond motifs is 1. The summed E-state index contributed by atoms with van der Waals surface area (Å²) in [5.41, 5.74) is 1.08. The van der Waals surface area contributed by atoms with Crippen molar-refractivity contribution in [1.82, 2.24) is 14.7 Å². The van der Waals surface area contributed by atoms with E-state index in [0.717, 1.165) is 10.7 Å². The maximum atomic E-state index is 13.0. The first kappa shape index (κ1) is 11.9. The molecule has 0 saturated carbocycles. The van der Waals surface area contributed by atoms with Gasteiger partial charge in [0.05, 0.1) is 12.2 Å². The summed E-state index contributed by atoms with van der Waals surface area (Å²) >= 11 is 1.53. The first-order chi connectivity index (χ1) is 9.22. The van der Waals surface area contributed by atoms with Crippen LogP contribution in [0.2, 0.25) is 0 Å². The fourth-order valence-corrected chi connectivity index (χ4v) is 2.48. The van der Waals surface area contributed by atoms with E-state index in [1.807, 2.05) is 22.2 Å². The third kappa shape index (κ3) is 2.48. The van der Waals surface area contributed by atoms with Crippen LogP contribution in [0.4, 0.5) is 4.39 Å². The predicted octanol–water partition coefficient (Wildman–Crippen LogP) is 2.46. The molecule has 3 aromatic rings. The third-order valence-corrected chi connectivity index (χ3v) is 3.43. The smallest absolute Gasteiger partial charge is 0.251 e. The first-order valence-electron chi connectivity index (χ1n) is 5.67. The van der Waals surface area contributed by atoms with Gasteiger partial charge in [-0.25, -0.2) is 9.37 Å². The van der Waals surface area contributed by atoms with Crippen molar-refractivity contribution < 1.29 is 9.18 Å². The number of hydrogen-bond donors (Lipinski definition) is 1. The molecule has 0 aliphatic rings. The molecule has 0 fully saturated rings. The molecule has 3 rings (SSSR count). The molecule has 2 heterocycles. The molecule has 0 atom stereocenters. The number of thiazole rings is 1. The van der Waals surface area contributed by atoms with Crippen molar-refractivity contribution in [1.29, 1.82) is 0 Å². The average Bonchev–Trinajstić information content (AvgIpc) is 2.96. The summed E-state index contributed by atoms with van der Waals surface area (Å²) in [4.78, 5) is 17.0. The minimum atomic E-state index is -0.421. The average molecular weight is 275 g/mol. The van der Waals surface area contributed by atoms with Crippen LogP contribution in [0.3, 0.4) is 0 Å². The summed E-state index contributed by atoms with van der Waals surface area (Å²) in [5, 5.41) is 4.66. The molecule has 6 heteroatoms. The number of benzene rings is 1. The lowest BCUT2D eigenvalue weighted by molar-refractivity contribution is 0.0950. The van der Waals surface area contributed by atoms with Crippen molar-refractivity contribution in [2.45, 2.75) is 6.54 Å². The van der Waals surface area contributed by atoms with E-state index < -0.39 is 5.82 Å². The van der Waals surface area contributed by atoms with Crippen LogP contribution in [-0.2, 0) is 6.54 Å². The van der Waals surface area contributed by atoms with Crippen molar-refractivity contribution >= 4 is 22.2 Å². The summed E-state index contributed by atoms with van der Waals surface area (Å²) in [5.74, 6) is -0.731. The van der Waals surface area contributed by atoms with E-state index in [-0.39, 0.29) is 5.91 Å². The summed E-state index contributed by atoms with van der Waals surface area (Å²) in [6.45, 7) is 0.323. The largest absolute Gasteiger partial charge is 0.346 e. The Balaban J connectivity index is 1.69. The Morgan fingerprint density at radius 1 is 1.47 bits per heavy atom. The van der Waals surface area contributed by atoms with Gasteiger partial charge in [-0.05, 0) is 18.2 Å². The highest BCUT2D eigenvalue weighted by molar-refractivity contribution is 7.15. The fraction of sp³-hybridized carbons (Fsp3) is 0.0769. The minimum Gasteiger partial charge on any atom is -0.346 e. The molecule has 0 aliphatic carbocycles. The van der Waals surface area contributed by atoms with E-state index in [9.17, 15) is 9.18 Å². The Bertz CT molecular complexity index is 706. The molecule has 1 N–H and O–H groups in total. The van der Waals surface area contributed by atoms with Crippen LogP contribution in [0.25, 0.3) is 4.96 Å². The topological polar surface area (TPSA) is 46.4 Å². The Labute approximate surface area is 112 Å². The zero-order valence-corrected chi connectivity index (χ0v) is 10.7. The van der Waals surface area contributed by atoms with Gasteiger partial charge in [-0.3, -0.25) is 9.20 Å². The van der Waals surface area contributed by atoms with E-state index in [4.69, 9.17) is 0 Å². The lowest BCUT2D eigenvalue weighted by Crippen LogP contribution is -2.23. The van der Waals surface area contributed by atoms with E-state index in [0.29, 0.717) is 12.1 Å². The summed E-state index contributed by atoms with van der Waals surface area (Å²) in [6.07, 6.45) is 3.77. The van der Waals surface area contributed by atoms with E-state index >= 15 is 0 Å². The van der Waals surface area contributed by atoms with Gasteiger partial charge in [0.25, 0.3) is 5.91 Å². The number of halogens is 1. The van der Waals surface area contributed by atoms with Gasteiger partial charge in [0.2, 0.25) is 0 Å². The molecule has 1 aromatic carbocycles. The quantitative estimate of drug-likeness (QED) is 0.798. The van der Waals surface area contributed by atoms with Crippen LogP contribution >= 0.6 is 11.3 Å². The molecule has 1 amide bonds. The van der Waals surface area contributed by atoms with Crippen molar-refractivity contribution in [2.24, 2.45) is 0 Å². The van der Waals surface area contributed by atoms with Crippen molar-refractivity contribution in [3.05, 3.63) is 59.1 Å². The number of nitrogens with one attached hydrogen (secondary N) is 1. The zero-order valence-electron chi connectivity index (χ0n) is 9.84. The third-order valence-electron chi connectivity index (χ3n) is 2.66. The van der Waals surface area contributed by atoms with E-state index in [1.165, 1.54) is 29.5 Å². The molecule has 0 bridgehead atoms. The Morgan fingerprint density at radius 3 is 3.16 bits per heavy atom. The Kier molecular flexibility index (Phi) is 3.00. The molecule has 0 radical (unpaired) electrons. The van der Waals surface area contributed by atoms with E-state index in [2.05, 4.69) is 10.3 Å². The number of aromatic nitrogens is 2. The van der Waals surface area contributed by atoms with Gasteiger partial charge in [0.1, 0.15) is 5.82 Å². The van der Waals surface area contributed by atoms with Crippen LogP contribution < -0.4 is 5.32 Å². The van der Waals surface area contributed by atoms with Gasteiger partial charge < -0.3 is 5.32 Å². The number of rotatable bonds is 3. The minimum absolute atomic E-state index is 0.307. The number of carbonyl (C=O) groups excluding carboxylic acids is 1. The standard InChI is InChI=1S/C13H10FN3OS/c14-10-3-1-2-9(6-10)12(18)15-7-11-8-17-4-5-19-13(17)16-11/h1-6,8H,7H2,(H,15,18). The highest BCUT2D eigenvalue weighted by Crippen LogP contribution is 2.11. The molecular weight excluding hydrogens is 265 g/mol. The SMILES string of the molecule is O=C(NCc1cn2ccsc2n1)c1cccc(F)c1. The fourth-order valence-electron chi connectivity index (χ4n) is 1.76. The van der Waals surface area contributed by atoms with Gasteiger partial charge >= 0.3 is 0 Å². The maximum Gasteiger partial charge on any atom is 0.251 e. The molecule has 2 aromatic heterocycles. The van der Waals surface area contributed by atoms with E-state index in [1.54, 1.807) is 6.07 Å². The number of imidazole rings is 1. The van der Waals surface area contributed by atoms with Crippen LogP contribution in [0, 0.1) is 5.82 Å². The summed E-state index contributed by atoms with van der Waals surface area (Å²) in [6, 6.07) is 5.60. The first-order valence-corrected chi connectivity index (χ1v) is 6.55. The van der Waals surface area contributed by atoms with Gasteiger partial charge in [0, 0.05) is 23.3 Å². The second-order valence-electron chi connectivity index (χ2n) is 4.02. The van der Waals surface area contributed by atoms with Gasteiger partial charge in [-0.2, -0.15) is 0 Å². The van der Waals surface area contributed by atoms with Crippen molar-refractivity contribution in [3.8, 4) is 0 Å². The van der Waals surface area contributed by atoms with Crippen LogP contribution in [0.5, 0.6) is 0 Å². The molecule has 96 valence electrons. The highest BCUT2D eigenvalue weighted by Gasteiger charge is 2.08. The number of amides is 1. The van der Waals surface area contributed by atoms with Crippen LogP contribution in [-0.4, -0.2) is 15.3 Å². The molecule has 19 heavy (non-hydrogen) atoms. The molecule has 0 spiro atoms. The van der Waals surface area contributed by atoms with Gasteiger partial charge in [0.15, 0.2) is 4.96 Å².